The van der Waals surface area contributed by atoms with Crippen LogP contribution >= 0.6 is 12.2 Å². The predicted molar refractivity (Wildman–Crippen MR) is 30.6 cm³/mol. The van der Waals surface area contributed by atoms with Gasteiger partial charge >= 0.3 is 0 Å². The molecule has 1 radical (unpaired) electrons. The van der Waals surface area contributed by atoms with E-state index in [-0.39, 0.29) is 11.4 Å². The van der Waals surface area contributed by atoms with Gasteiger partial charge in [0.2, 0.25) is 0 Å². The first-order valence-corrected chi connectivity index (χ1v) is 2.03. The molecule has 4 heteroatoms. The van der Waals surface area contributed by atoms with Crippen LogP contribution in [0.2, 0.25) is 0 Å². The molecule has 0 atom stereocenters. The summed E-state index contributed by atoms with van der Waals surface area (Å²) in [6, 6.07) is 0. The molecule has 0 bridgehead atoms. The normalized spacial score (nSPS) is 9.71. The molecule has 0 heterocycles. The monoisotopic (exact) mass is 117 g/mol. The molecule has 0 aromatic rings. The molecule has 0 aliphatic carbocycles. The maximum absolute atomic E-state index is 7.71. The molecule has 0 aliphatic heterocycles. The number of nitrogens with zero attached hydrogens (tertiary/aromatic N) is 1. The fourth-order valence-electron chi connectivity index (χ4n) is 0.113. The molecular weight excluding hydrogens is 112 g/mol. The van der Waals surface area contributed by atoms with Gasteiger partial charge in [0.05, 0.1) is 4.99 Å². The van der Waals surface area contributed by atoms with Crippen LogP contribution in [0.15, 0.2) is 5.16 Å². The van der Waals surface area contributed by atoms with Gasteiger partial charge in [-0.3, -0.25) is 0 Å². The van der Waals surface area contributed by atoms with Crippen molar-refractivity contribution in [3.8, 4) is 0 Å². The standard InChI is InChI=1S/C3H5N2OS/c4-3(7)1-2-5-6/h6H,1H2,(H2,4,7). The molecule has 0 saturated carbocycles. The molecule has 7 heavy (non-hydrogen) atoms. The number of nitrogens with two attached hydrogens (primary N) is 1. The Morgan fingerprint density at radius 3 is 2.71 bits per heavy atom. The molecular formula is C3H5N2OS. The van der Waals surface area contributed by atoms with Crippen LogP contribution in [-0.2, 0) is 0 Å². The van der Waals surface area contributed by atoms with E-state index in [0.717, 1.165) is 0 Å². The first kappa shape index (κ1) is 6.36. The minimum atomic E-state index is 0.242. The molecule has 0 rings (SSSR count). The van der Waals surface area contributed by atoms with Crippen molar-refractivity contribution in [1.29, 1.82) is 0 Å². The van der Waals surface area contributed by atoms with Crippen molar-refractivity contribution >= 4 is 23.4 Å². The molecule has 39 valence electrons. The Bertz CT molecular complexity index is 90.9. The Hall–Kier alpha value is -0.640. The highest BCUT2D eigenvalue weighted by Crippen LogP contribution is 1.70. The smallest absolute Gasteiger partial charge is 0.111 e. The number of hydrogen-bond acceptors (Lipinski definition) is 3. The van der Waals surface area contributed by atoms with E-state index in [0.29, 0.717) is 0 Å². The predicted octanol–water partition coefficient (Wildman–Crippen LogP) is -0.000400. The van der Waals surface area contributed by atoms with Gasteiger partial charge in [0.25, 0.3) is 0 Å². The number of rotatable bonds is 2. The molecule has 0 saturated heterocycles. The molecule has 0 aliphatic rings. The van der Waals surface area contributed by atoms with Crippen molar-refractivity contribution in [2.24, 2.45) is 10.9 Å². The van der Waals surface area contributed by atoms with Gasteiger partial charge in [0, 0.05) is 6.42 Å². The molecule has 0 unspecified atom stereocenters. The second-order valence-corrected chi connectivity index (χ2v) is 1.43. The van der Waals surface area contributed by atoms with Gasteiger partial charge in [-0.1, -0.05) is 17.4 Å². The zero-order valence-corrected chi connectivity index (χ0v) is 4.40. The summed E-state index contributed by atoms with van der Waals surface area (Å²) in [5.41, 5.74) is 4.98. The Morgan fingerprint density at radius 1 is 2.00 bits per heavy atom. The van der Waals surface area contributed by atoms with Gasteiger partial charge in [0.1, 0.15) is 6.21 Å². The number of hydrogen-bond donors (Lipinski definition) is 2. The topological polar surface area (TPSA) is 58.6 Å². The quantitative estimate of drug-likeness (QED) is 0.231. The van der Waals surface area contributed by atoms with Crippen molar-refractivity contribution in [3.05, 3.63) is 0 Å². The Morgan fingerprint density at radius 2 is 2.57 bits per heavy atom. The minimum Gasteiger partial charge on any atom is -0.411 e. The highest BCUT2D eigenvalue weighted by Gasteiger charge is 1.80. The number of thiocarbonyl (C=S) groups is 1. The molecule has 0 fully saturated rings. The van der Waals surface area contributed by atoms with Crippen LogP contribution in [0, 0.1) is 0 Å². The van der Waals surface area contributed by atoms with Crippen molar-refractivity contribution in [2.45, 2.75) is 6.42 Å². The van der Waals surface area contributed by atoms with Crippen LogP contribution in [0.1, 0.15) is 6.42 Å². The van der Waals surface area contributed by atoms with E-state index in [1.807, 2.05) is 0 Å². The lowest BCUT2D eigenvalue weighted by molar-refractivity contribution is 0.321. The van der Waals surface area contributed by atoms with Crippen LogP contribution in [-0.4, -0.2) is 16.4 Å². The van der Waals surface area contributed by atoms with Crippen LogP contribution < -0.4 is 5.73 Å². The molecule has 0 aromatic heterocycles. The van der Waals surface area contributed by atoms with Crippen molar-refractivity contribution in [1.82, 2.24) is 0 Å². The second kappa shape index (κ2) is 3.55. The van der Waals surface area contributed by atoms with Crippen LogP contribution in [0.5, 0.6) is 0 Å². The lowest BCUT2D eigenvalue weighted by atomic mass is 10.5. The third-order valence-corrected chi connectivity index (χ3v) is 0.468. The van der Waals surface area contributed by atoms with Crippen molar-refractivity contribution in [3.63, 3.8) is 0 Å². The third kappa shape index (κ3) is 5.36. The fourth-order valence-corrected chi connectivity index (χ4v) is 0.178. The maximum Gasteiger partial charge on any atom is 0.111 e. The lowest BCUT2D eigenvalue weighted by Crippen LogP contribution is -2.07. The maximum atomic E-state index is 7.71. The average Bonchev–Trinajstić information content (AvgIpc) is 1.61. The first-order valence-electron chi connectivity index (χ1n) is 1.62. The van der Waals surface area contributed by atoms with Crippen LogP contribution in [0.25, 0.3) is 0 Å². The van der Waals surface area contributed by atoms with E-state index < -0.39 is 0 Å². The minimum absolute atomic E-state index is 0.242. The van der Waals surface area contributed by atoms with Gasteiger partial charge in [-0.2, -0.15) is 0 Å². The average molecular weight is 117 g/mol. The van der Waals surface area contributed by atoms with Crippen LogP contribution in [0.3, 0.4) is 0 Å². The summed E-state index contributed by atoms with van der Waals surface area (Å²) < 4.78 is 0. The second-order valence-electron chi connectivity index (χ2n) is 0.901. The molecule has 0 spiro atoms. The van der Waals surface area contributed by atoms with E-state index in [1.165, 1.54) is 0 Å². The van der Waals surface area contributed by atoms with Crippen molar-refractivity contribution < 1.29 is 5.21 Å². The molecule has 3 nitrogen and oxygen atoms in total. The molecule has 0 aromatic carbocycles. The highest BCUT2D eigenvalue weighted by atomic mass is 32.1. The van der Waals surface area contributed by atoms with Gasteiger partial charge in [0.15, 0.2) is 0 Å². The molecule has 0 amide bonds. The summed E-state index contributed by atoms with van der Waals surface area (Å²) in [7, 11) is 0. The Kier molecular flexibility index (Phi) is 3.22. The van der Waals surface area contributed by atoms with E-state index in [1.54, 1.807) is 0 Å². The summed E-state index contributed by atoms with van der Waals surface area (Å²) in [6.45, 7) is 0. The van der Waals surface area contributed by atoms with Gasteiger partial charge in [-0.15, -0.1) is 0 Å². The zero-order chi connectivity index (χ0) is 5.70. The van der Waals surface area contributed by atoms with E-state index in [4.69, 9.17) is 10.9 Å². The zero-order valence-electron chi connectivity index (χ0n) is 3.59. The summed E-state index contributed by atoms with van der Waals surface area (Å²) >= 11 is 4.41. The summed E-state index contributed by atoms with van der Waals surface area (Å²) in [6.07, 6.45) is 2.40. The van der Waals surface area contributed by atoms with Crippen LogP contribution in [0.4, 0.5) is 0 Å². The first-order chi connectivity index (χ1) is 3.27. The lowest BCUT2D eigenvalue weighted by Gasteiger charge is -1.80. The summed E-state index contributed by atoms with van der Waals surface area (Å²) in [5.74, 6) is 0. The third-order valence-electron chi connectivity index (χ3n) is 0.324. The summed E-state index contributed by atoms with van der Waals surface area (Å²) in [4.78, 5) is 0.276. The Balaban J connectivity index is 3.14. The van der Waals surface area contributed by atoms with Crippen molar-refractivity contribution in [2.75, 3.05) is 0 Å². The largest absolute Gasteiger partial charge is 0.411 e. The van der Waals surface area contributed by atoms with Gasteiger partial charge < -0.3 is 10.9 Å². The summed E-state index contributed by atoms with van der Waals surface area (Å²) in [5, 5.41) is 10.3. The van der Waals surface area contributed by atoms with E-state index in [9.17, 15) is 0 Å². The fraction of sp³-hybridized carbons (Fsp3) is 0.333. The molecule has 3 N–H and O–H groups in total. The Labute approximate surface area is 46.8 Å². The highest BCUT2D eigenvalue weighted by molar-refractivity contribution is 7.80. The van der Waals surface area contributed by atoms with E-state index >= 15 is 0 Å². The van der Waals surface area contributed by atoms with Gasteiger partial charge in [-0.25, -0.2) is 0 Å². The van der Waals surface area contributed by atoms with Gasteiger partial charge in [-0.05, 0) is 0 Å². The SMILES string of the molecule is NC(=S)C/[C]=N/O. The van der Waals surface area contributed by atoms with E-state index in [2.05, 4.69) is 23.6 Å².